The summed E-state index contributed by atoms with van der Waals surface area (Å²) in [4.78, 5) is 4.36. The van der Waals surface area contributed by atoms with Crippen molar-refractivity contribution in [2.45, 2.75) is 38.6 Å². The highest BCUT2D eigenvalue weighted by atomic mass is 14.8. The summed E-state index contributed by atoms with van der Waals surface area (Å²) < 4.78 is 0. The SMILES string of the molecule is CCC(C)(c1ccccn1)C(C)N. The van der Waals surface area contributed by atoms with Gasteiger partial charge in [0.1, 0.15) is 0 Å². The van der Waals surface area contributed by atoms with Crippen molar-refractivity contribution >= 4 is 0 Å². The van der Waals surface area contributed by atoms with Crippen molar-refractivity contribution < 1.29 is 0 Å². The highest BCUT2D eigenvalue weighted by molar-refractivity contribution is 5.17. The fourth-order valence-corrected chi connectivity index (χ4v) is 1.44. The highest BCUT2D eigenvalue weighted by Gasteiger charge is 2.29. The molecule has 1 rings (SSSR count). The zero-order chi connectivity index (χ0) is 9.90. The fourth-order valence-electron chi connectivity index (χ4n) is 1.44. The Kier molecular flexibility index (Phi) is 3.04. The molecule has 0 aromatic carbocycles. The number of rotatable bonds is 3. The maximum Gasteiger partial charge on any atom is 0.0477 e. The van der Waals surface area contributed by atoms with Gasteiger partial charge in [0.15, 0.2) is 0 Å². The molecule has 0 aliphatic carbocycles. The molecule has 0 amide bonds. The van der Waals surface area contributed by atoms with E-state index in [4.69, 9.17) is 5.73 Å². The van der Waals surface area contributed by atoms with Gasteiger partial charge in [0.2, 0.25) is 0 Å². The van der Waals surface area contributed by atoms with Gasteiger partial charge in [0.05, 0.1) is 0 Å². The molecule has 2 N–H and O–H groups in total. The Labute approximate surface area is 80.2 Å². The maximum absolute atomic E-state index is 5.97. The first-order valence-corrected chi connectivity index (χ1v) is 4.78. The predicted octanol–water partition coefficient (Wildman–Crippen LogP) is 2.10. The Hall–Kier alpha value is -0.890. The highest BCUT2D eigenvalue weighted by Crippen LogP contribution is 2.28. The molecule has 0 aliphatic heterocycles. The number of hydrogen-bond acceptors (Lipinski definition) is 2. The Morgan fingerprint density at radius 1 is 1.54 bits per heavy atom. The first-order valence-electron chi connectivity index (χ1n) is 4.78. The van der Waals surface area contributed by atoms with Crippen molar-refractivity contribution in [3.8, 4) is 0 Å². The van der Waals surface area contributed by atoms with Gasteiger partial charge in [-0.15, -0.1) is 0 Å². The van der Waals surface area contributed by atoms with Crippen molar-refractivity contribution in [1.29, 1.82) is 0 Å². The topological polar surface area (TPSA) is 38.9 Å². The van der Waals surface area contributed by atoms with E-state index in [1.165, 1.54) is 0 Å². The van der Waals surface area contributed by atoms with E-state index in [2.05, 4.69) is 18.8 Å². The lowest BCUT2D eigenvalue weighted by Crippen LogP contribution is -2.41. The maximum atomic E-state index is 5.97. The summed E-state index contributed by atoms with van der Waals surface area (Å²) in [6, 6.07) is 6.12. The minimum Gasteiger partial charge on any atom is -0.327 e. The summed E-state index contributed by atoms with van der Waals surface area (Å²) in [5.74, 6) is 0. The van der Waals surface area contributed by atoms with Crippen molar-refractivity contribution in [1.82, 2.24) is 4.98 Å². The number of nitrogens with zero attached hydrogens (tertiary/aromatic N) is 1. The average Bonchev–Trinajstić information content (AvgIpc) is 2.17. The number of nitrogens with two attached hydrogens (primary N) is 1. The van der Waals surface area contributed by atoms with E-state index in [9.17, 15) is 0 Å². The molecule has 0 fully saturated rings. The standard InChI is InChI=1S/C11H18N2/c1-4-11(3,9(2)12)10-7-5-6-8-13-10/h5-9H,4,12H2,1-3H3. The molecule has 2 unspecified atom stereocenters. The third-order valence-electron chi connectivity index (χ3n) is 2.99. The second-order valence-corrected chi connectivity index (χ2v) is 3.77. The molecule has 1 aromatic rings. The molecule has 0 bridgehead atoms. The second kappa shape index (κ2) is 3.88. The number of pyridine rings is 1. The van der Waals surface area contributed by atoms with Crippen LogP contribution >= 0.6 is 0 Å². The lowest BCUT2D eigenvalue weighted by atomic mass is 9.78. The normalized spacial score (nSPS) is 17.8. The summed E-state index contributed by atoms with van der Waals surface area (Å²) >= 11 is 0. The van der Waals surface area contributed by atoms with Crippen LogP contribution in [0.5, 0.6) is 0 Å². The quantitative estimate of drug-likeness (QED) is 0.769. The molecule has 2 atom stereocenters. The first-order chi connectivity index (χ1) is 6.11. The Bertz CT molecular complexity index is 256. The van der Waals surface area contributed by atoms with E-state index >= 15 is 0 Å². The number of aromatic nitrogens is 1. The van der Waals surface area contributed by atoms with Crippen LogP contribution in [0.4, 0.5) is 0 Å². The summed E-state index contributed by atoms with van der Waals surface area (Å²) in [5.41, 5.74) is 7.06. The molecule has 1 aromatic heterocycles. The van der Waals surface area contributed by atoms with Crippen LogP contribution in [0.3, 0.4) is 0 Å². The molecule has 0 aliphatic rings. The first kappa shape index (κ1) is 10.2. The Balaban J connectivity index is 3.03. The molecule has 13 heavy (non-hydrogen) atoms. The van der Waals surface area contributed by atoms with Crippen LogP contribution in [0.2, 0.25) is 0 Å². The van der Waals surface area contributed by atoms with Gasteiger partial charge in [-0.25, -0.2) is 0 Å². The molecular weight excluding hydrogens is 160 g/mol. The van der Waals surface area contributed by atoms with Crippen LogP contribution in [0, 0.1) is 0 Å². The zero-order valence-corrected chi connectivity index (χ0v) is 8.62. The molecule has 2 nitrogen and oxygen atoms in total. The second-order valence-electron chi connectivity index (χ2n) is 3.77. The lowest BCUT2D eigenvalue weighted by molar-refractivity contribution is 0.371. The van der Waals surface area contributed by atoms with E-state index < -0.39 is 0 Å². The minimum absolute atomic E-state index is 0.00125. The fraction of sp³-hybridized carbons (Fsp3) is 0.545. The largest absolute Gasteiger partial charge is 0.327 e. The molecule has 0 radical (unpaired) electrons. The van der Waals surface area contributed by atoms with Gasteiger partial charge in [0.25, 0.3) is 0 Å². The predicted molar refractivity (Wildman–Crippen MR) is 55.5 cm³/mol. The Morgan fingerprint density at radius 2 is 2.23 bits per heavy atom. The minimum atomic E-state index is 0.00125. The third kappa shape index (κ3) is 1.89. The van der Waals surface area contributed by atoms with E-state index in [-0.39, 0.29) is 11.5 Å². The van der Waals surface area contributed by atoms with E-state index in [0.29, 0.717) is 0 Å². The van der Waals surface area contributed by atoms with Gasteiger partial charge in [-0.1, -0.05) is 19.9 Å². The Morgan fingerprint density at radius 3 is 2.62 bits per heavy atom. The van der Waals surface area contributed by atoms with Crippen molar-refractivity contribution in [3.63, 3.8) is 0 Å². The van der Waals surface area contributed by atoms with Crippen LogP contribution in [0.25, 0.3) is 0 Å². The van der Waals surface area contributed by atoms with Crippen LogP contribution in [0.15, 0.2) is 24.4 Å². The van der Waals surface area contributed by atoms with Gasteiger partial charge in [0, 0.05) is 23.3 Å². The van der Waals surface area contributed by atoms with Gasteiger partial charge < -0.3 is 5.73 Å². The number of hydrogen-bond donors (Lipinski definition) is 1. The molecule has 72 valence electrons. The van der Waals surface area contributed by atoms with Crippen LogP contribution in [-0.2, 0) is 5.41 Å². The molecular formula is C11H18N2. The summed E-state index contributed by atoms with van der Waals surface area (Å²) in [5, 5.41) is 0. The van der Waals surface area contributed by atoms with Crippen molar-refractivity contribution in [3.05, 3.63) is 30.1 Å². The van der Waals surface area contributed by atoms with Gasteiger partial charge in [-0.3, -0.25) is 4.98 Å². The van der Waals surface area contributed by atoms with Crippen LogP contribution in [0.1, 0.15) is 32.9 Å². The smallest absolute Gasteiger partial charge is 0.0477 e. The molecule has 0 spiro atoms. The summed E-state index contributed by atoms with van der Waals surface area (Å²) in [7, 11) is 0. The summed E-state index contributed by atoms with van der Waals surface area (Å²) in [6.45, 7) is 6.36. The molecule has 0 saturated heterocycles. The molecule has 1 heterocycles. The van der Waals surface area contributed by atoms with E-state index in [0.717, 1.165) is 12.1 Å². The monoisotopic (exact) mass is 178 g/mol. The van der Waals surface area contributed by atoms with Crippen LogP contribution in [-0.4, -0.2) is 11.0 Å². The van der Waals surface area contributed by atoms with Crippen molar-refractivity contribution in [2.75, 3.05) is 0 Å². The third-order valence-corrected chi connectivity index (χ3v) is 2.99. The van der Waals surface area contributed by atoms with Gasteiger partial charge in [-0.2, -0.15) is 0 Å². The van der Waals surface area contributed by atoms with Crippen molar-refractivity contribution in [2.24, 2.45) is 5.73 Å². The van der Waals surface area contributed by atoms with E-state index in [1.807, 2.05) is 31.3 Å². The summed E-state index contributed by atoms with van der Waals surface area (Å²) in [6.07, 6.45) is 2.84. The molecule has 2 heteroatoms. The lowest BCUT2D eigenvalue weighted by Gasteiger charge is -2.31. The van der Waals surface area contributed by atoms with Gasteiger partial charge in [-0.05, 0) is 25.5 Å². The average molecular weight is 178 g/mol. The zero-order valence-electron chi connectivity index (χ0n) is 8.62. The van der Waals surface area contributed by atoms with E-state index in [1.54, 1.807) is 0 Å². The van der Waals surface area contributed by atoms with Gasteiger partial charge >= 0.3 is 0 Å². The molecule has 0 saturated carbocycles. The van der Waals surface area contributed by atoms with Crippen LogP contribution < -0.4 is 5.73 Å².